The van der Waals surface area contributed by atoms with Gasteiger partial charge in [-0.25, -0.2) is 4.98 Å². The van der Waals surface area contributed by atoms with Crippen LogP contribution >= 0.6 is 0 Å². The van der Waals surface area contributed by atoms with E-state index in [1.54, 1.807) is 0 Å². The largest absolute Gasteiger partial charge is 0.436 e. The van der Waals surface area contributed by atoms with Crippen molar-refractivity contribution in [1.29, 1.82) is 0 Å². The maximum atomic E-state index is 5.97. The Morgan fingerprint density at radius 1 is 0.958 bits per heavy atom. The van der Waals surface area contributed by atoms with E-state index in [2.05, 4.69) is 62.1 Å². The minimum atomic E-state index is 0.157. The van der Waals surface area contributed by atoms with Crippen LogP contribution in [0.2, 0.25) is 0 Å². The Kier molecular flexibility index (Phi) is 3.60. The number of aromatic nitrogens is 1. The summed E-state index contributed by atoms with van der Waals surface area (Å²) in [6.07, 6.45) is 2.56. The van der Waals surface area contributed by atoms with Crippen molar-refractivity contribution in [2.45, 2.75) is 39.0 Å². The molecular weight excluding hydrogens is 296 g/mol. The summed E-state index contributed by atoms with van der Waals surface area (Å²) in [4.78, 5) is 7.14. The standard InChI is InChI=1S/C21H24N2O/c1-21(2,3)16-8-6-15(7-9-16)20-22-18-14-17(10-11-19(18)24-20)23-12-4-5-13-23/h6-11,14H,4-5,12-13H2,1-3H3. The van der Waals surface area contributed by atoms with Crippen molar-refractivity contribution in [3.63, 3.8) is 0 Å². The Bertz CT molecular complexity index is 850. The summed E-state index contributed by atoms with van der Waals surface area (Å²) in [6, 6.07) is 14.9. The summed E-state index contributed by atoms with van der Waals surface area (Å²) >= 11 is 0. The predicted octanol–water partition coefficient (Wildman–Crippen LogP) is 5.39. The lowest BCUT2D eigenvalue weighted by Crippen LogP contribution is -2.17. The third-order valence-corrected chi connectivity index (χ3v) is 4.84. The lowest BCUT2D eigenvalue weighted by atomic mass is 9.87. The van der Waals surface area contributed by atoms with E-state index in [1.807, 2.05) is 6.07 Å². The van der Waals surface area contributed by atoms with Crippen molar-refractivity contribution in [3.8, 4) is 11.5 Å². The molecule has 4 rings (SSSR count). The van der Waals surface area contributed by atoms with Crippen LogP contribution in [0.25, 0.3) is 22.6 Å². The van der Waals surface area contributed by atoms with Gasteiger partial charge in [-0.3, -0.25) is 0 Å². The van der Waals surface area contributed by atoms with Crippen LogP contribution in [0.3, 0.4) is 0 Å². The Labute approximate surface area is 143 Å². The fraction of sp³-hybridized carbons (Fsp3) is 0.381. The van der Waals surface area contributed by atoms with E-state index in [1.165, 1.54) is 24.1 Å². The Morgan fingerprint density at radius 3 is 2.33 bits per heavy atom. The molecule has 1 aliphatic heterocycles. The van der Waals surface area contributed by atoms with Gasteiger partial charge in [-0.05, 0) is 54.2 Å². The molecule has 0 bridgehead atoms. The lowest BCUT2D eigenvalue weighted by Gasteiger charge is -2.18. The van der Waals surface area contributed by atoms with E-state index < -0.39 is 0 Å². The highest BCUT2D eigenvalue weighted by molar-refractivity contribution is 5.80. The summed E-state index contributed by atoms with van der Waals surface area (Å²) in [5.74, 6) is 0.698. The van der Waals surface area contributed by atoms with E-state index in [-0.39, 0.29) is 5.41 Å². The summed E-state index contributed by atoms with van der Waals surface area (Å²) in [5.41, 5.74) is 5.55. The molecular formula is C21H24N2O. The smallest absolute Gasteiger partial charge is 0.227 e. The number of oxazole rings is 1. The van der Waals surface area contributed by atoms with Crippen LogP contribution in [-0.4, -0.2) is 18.1 Å². The van der Waals surface area contributed by atoms with Gasteiger partial charge in [0.2, 0.25) is 5.89 Å². The average molecular weight is 320 g/mol. The predicted molar refractivity (Wildman–Crippen MR) is 99.6 cm³/mol. The van der Waals surface area contributed by atoms with Gasteiger partial charge in [-0.15, -0.1) is 0 Å². The van der Waals surface area contributed by atoms with Gasteiger partial charge in [0.15, 0.2) is 5.58 Å². The number of hydrogen-bond acceptors (Lipinski definition) is 3. The molecule has 0 aliphatic carbocycles. The highest BCUT2D eigenvalue weighted by Crippen LogP contribution is 2.30. The molecule has 0 spiro atoms. The van der Waals surface area contributed by atoms with Crippen LogP contribution < -0.4 is 4.90 Å². The number of rotatable bonds is 2. The second-order valence-electron chi connectivity index (χ2n) is 7.69. The highest BCUT2D eigenvalue weighted by Gasteiger charge is 2.16. The molecule has 0 radical (unpaired) electrons. The molecule has 1 saturated heterocycles. The van der Waals surface area contributed by atoms with Gasteiger partial charge in [-0.1, -0.05) is 32.9 Å². The molecule has 1 aliphatic rings. The second-order valence-corrected chi connectivity index (χ2v) is 7.69. The maximum absolute atomic E-state index is 5.97. The Morgan fingerprint density at radius 2 is 1.67 bits per heavy atom. The topological polar surface area (TPSA) is 29.3 Å². The van der Waals surface area contributed by atoms with E-state index >= 15 is 0 Å². The van der Waals surface area contributed by atoms with Crippen LogP contribution in [0.1, 0.15) is 39.2 Å². The maximum Gasteiger partial charge on any atom is 0.227 e. The van der Waals surface area contributed by atoms with Crippen molar-refractivity contribution in [1.82, 2.24) is 4.98 Å². The zero-order valence-electron chi connectivity index (χ0n) is 14.7. The molecule has 3 heteroatoms. The number of anilines is 1. The van der Waals surface area contributed by atoms with Crippen LogP contribution in [0.4, 0.5) is 5.69 Å². The molecule has 0 amide bonds. The van der Waals surface area contributed by atoms with Gasteiger partial charge in [0.05, 0.1) is 0 Å². The first-order chi connectivity index (χ1) is 11.5. The molecule has 3 aromatic rings. The van der Waals surface area contributed by atoms with E-state index in [4.69, 9.17) is 9.40 Å². The van der Waals surface area contributed by atoms with Gasteiger partial charge in [0.25, 0.3) is 0 Å². The Hall–Kier alpha value is -2.29. The molecule has 124 valence electrons. The summed E-state index contributed by atoms with van der Waals surface area (Å²) in [5, 5.41) is 0. The first-order valence-corrected chi connectivity index (χ1v) is 8.77. The summed E-state index contributed by atoms with van der Waals surface area (Å²) in [7, 11) is 0. The monoisotopic (exact) mass is 320 g/mol. The number of benzene rings is 2. The Balaban J connectivity index is 1.67. The zero-order valence-corrected chi connectivity index (χ0v) is 14.7. The van der Waals surface area contributed by atoms with Crippen molar-refractivity contribution >= 4 is 16.8 Å². The average Bonchev–Trinajstić information content (AvgIpc) is 3.23. The van der Waals surface area contributed by atoms with Crippen molar-refractivity contribution in [2.75, 3.05) is 18.0 Å². The van der Waals surface area contributed by atoms with Gasteiger partial charge in [0.1, 0.15) is 5.52 Å². The molecule has 2 heterocycles. The first kappa shape index (κ1) is 15.3. The molecule has 1 aromatic heterocycles. The molecule has 0 saturated carbocycles. The quantitative estimate of drug-likeness (QED) is 0.633. The van der Waals surface area contributed by atoms with Crippen LogP contribution in [0.15, 0.2) is 46.9 Å². The van der Waals surface area contributed by atoms with E-state index in [0.29, 0.717) is 5.89 Å². The third-order valence-electron chi connectivity index (χ3n) is 4.84. The molecule has 3 nitrogen and oxygen atoms in total. The van der Waals surface area contributed by atoms with Crippen LogP contribution in [0.5, 0.6) is 0 Å². The van der Waals surface area contributed by atoms with E-state index in [9.17, 15) is 0 Å². The fourth-order valence-corrected chi connectivity index (χ4v) is 3.32. The van der Waals surface area contributed by atoms with Crippen molar-refractivity contribution < 1.29 is 4.42 Å². The van der Waals surface area contributed by atoms with Gasteiger partial charge < -0.3 is 9.32 Å². The minimum Gasteiger partial charge on any atom is -0.436 e. The summed E-state index contributed by atoms with van der Waals surface area (Å²) < 4.78 is 5.97. The number of fused-ring (bicyclic) bond motifs is 1. The van der Waals surface area contributed by atoms with Gasteiger partial charge >= 0.3 is 0 Å². The van der Waals surface area contributed by atoms with Crippen molar-refractivity contribution in [2.24, 2.45) is 0 Å². The number of hydrogen-bond donors (Lipinski definition) is 0. The third kappa shape index (κ3) is 2.79. The molecule has 0 atom stereocenters. The zero-order chi connectivity index (χ0) is 16.7. The van der Waals surface area contributed by atoms with Crippen LogP contribution in [-0.2, 0) is 5.41 Å². The molecule has 0 unspecified atom stereocenters. The lowest BCUT2D eigenvalue weighted by molar-refractivity contribution is 0.589. The van der Waals surface area contributed by atoms with Gasteiger partial charge in [0, 0.05) is 24.3 Å². The first-order valence-electron chi connectivity index (χ1n) is 8.77. The second kappa shape index (κ2) is 5.66. The molecule has 0 N–H and O–H groups in total. The van der Waals surface area contributed by atoms with Crippen molar-refractivity contribution in [3.05, 3.63) is 48.0 Å². The van der Waals surface area contributed by atoms with Crippen LogP contribution in [0, 0.1) is 0 Å². The minimum absolute atomic E-state index is 0.157. The SMILES string of the molecule is CC(C)(C)c1ccc(-c2nc3cc(N4CCCC4)ccc3o2)cc1. The summed E-state index contributed by atoms with van der Waals surface area (Å²) in [6.45, 7) is 8.96. The number of nitrogens with zero attached hydrogens (tertiary/aromatic N) is 2. The normalized spacial score (nSPS) is 15.4. The molecule has 1 fully saturated rings. The highest BCUT2D eigenvalue weighted by atomic mass is 16.3. The fourth-order valence-electron chi connectivity index (χ4n) is 3.32. The van der Waals surface area contributed by atoms with Gasteiger partial charge in [-0.2, -0.15) is 0 Å². The molecule has 24 heavy (non-hydrogen) atoms. The molecule has 2 aromatic carbocycles. The van der Waals surface area contributed by atoms with E-state index in [0.717, 1.165) is 29.8 Å².